The van der Waals surface area contributed by atoms with Crippen molar-refractivity contribution in [3.05, 3.63) is 35.9 Å². The number of aliphatic hydroxyl groups excluding tert-OH is 3. The van der Waals surface area contributed by atoms with Crippen molar-refractivity contribution in [3.63, 3.8) is 0 Å². The van der Waals surface area contributed by atoms with Gasteiger partial charge in [-0.05, 0) is 23.7 Å². The first-order chi connectivity index (χ1) is 9.60. The van der Waals surface area contributed by atoms with Gasteiger partial charge in [0, 0.05) is 0 Å². The molecule has 0 aliphatic rings. The maximum Gasteiger partial charge on any atom is 0.192 e. The number of hydrogen-bond acceptors (Lipinski definition) is 4. The third kappa shape index (κ3) is 4.62. The molecule has 0 aromatic heterocycles. The molecule has 0 heterocycles. The SMILES string of the molecule is CC(C)(C)[Si](C)(C)O[C@@H](CO)[C@@H](O)[C@H](O)c1ccccc1. The third-order valence-corrected chi connectivity index (χ3v) is 8.78. The highest BCUT2D eigenvalue weighted by atomic mass is 28.4. The van der Waals surface area contributed by atoms with Gasteiger partial charge in [-0.15, -0.1) is 0 Å². The van der Waals surface area contributed by atoms with E-state index in [2.05, 4.69) is 33.9 Å². The fraction of sp³-hybridized carbons (Fsp3) is 0.625. The van der Waals surface area contributed by atoms with Crippen LogP contribution < -0.4 is 0 Å². The van der Waals surface area contributed by atoms with Gasteiger partial charge in [0.05, 0.1) is 12.7 Å². The Balaban J connectivity index is 2.85. The van der Waals surface area contributed by atoms with Gasteiger partial charge in [0.25, 0.3) is 0 Å². The van der Waals surface area contributed by atoms with E-state index in [1.165, 1.54) is 0 Å². The molecule has 0 unspecified atom stereocenters. The number of rotatable bonds is 6. The van der Waals surface area contributed by atoms with E-state index in [4.69, 9.17) is 4.43 Å². The second kappa shape index (κ2) is 7.02. The summed E-state index contributed by atoms with van der Waals surface area (Å²) in [5.41, 5.74) is 0.613. The largest absolute Gasteiger partial charge is 0.409 e. The van der Waals surface area contributed by atoms with Crippen LogP contribution in [0.4, 0.5) is 0 Å². The normalized spacial score (nSPS) is 17.3. The predicted octanol–water partition coefficient (Wildman–Crippen LogP) is 2.46. The summed E-state index contributed by atoms with van der Waals surface area (Å²) in [5, 5.41) is 30.1. The third-order valence-electron chi connectivity index (χ3n) is 4.28. The van der Waals surface area contributed by atoms with E-state index in [-0.39, 0.29) is 11.6 Å². The van der Waals surface area contributed by atoms with Crippen LogP contribution in [0.5, 0.6) is 0 Å². The molecule has 0 spiro atoms. The van der Waals surface area contributed by atoms with Crippen LogP contribution in [-0.2, 0) is 4.43 Å². The Hall–Kier alpha value is -0.723. The van der Waals surface area contributed by atoms with Gasteiger partial charge in [-0.2, -0.15) is 0 Å². The average molecular weight is 312 g/mol. The van der Waals surface area contributed by atoms with Crippen LogP contribution in [0.1, 0.15) is 32.4 Å². The lowest BCUT2D eigenvalue weighted by Gasteiger charge is -2.40. The summed E-state index contributed by atoms with van der Waals surface area (Å²) in [6.07, 6.45) is -3.03. The van der Waals surface area contributed by atoms with Gasteiger partial charge in [0.1, 0.15) is 12.2 Å². The molecule has 0 saturated carbocycles. The van der Waals surface area contributed by atoms with Crippen molar-refractivity contribution in [1.29, 1.82) is 0 Å². The van der Waals surface area contributed by atoms with Crippen molar-refractivity contribution in [2.75, 3.05) is 6.61 Å². The van der Waals surface area contributed by atoms with E-state index in [1.54, 1.807) is 24.3 Å². The van der Waals surface area contributed by atoms with Gasteiger partial charge in [0.2, 0.25) is 0 Å². The lowest BCUT2D eigenvalue weighted by atomic mass is 10.0. The van der Waals surface area contributed by atoms with Crippen LogP contribution in [0.3, 0.4) is 0 Å². The molecule has 0 amide bonds. The zero-order chi connectivity index (χ0) is 16.3. The first kappa shape index (κ1) is 18.3. The van der Waals surface area contributed by atoms with E-state index in [9.17, 15) is 15.3 Å². The molecule has 0 aliphatic carbocycles. The highest BCUT2D eigenvalue weighted by Crippen LogP contribution is 2.38. The molecule has 1 aromatic carbocycles. The number of aliphatic hydroxyl groups is 3. The first-order valence-electron chi connectivity index (χ1n) is 7.30. The lowest BCUT2D eigenvalue weighted by Crippen LogP contribution is -2.49. The van der Waals surface area contributed by atoms with Gasteiger partial charge in [-0.1, -0.05) is 51.1 Å². The average Bonchev–Trinajstić information content (AvgIpc) is 2.43. The monoisotopic (exact) mass is 312 g/mol. The zero-order valence-corrected chi connectivity index (χ0v) is 14.6. The molecule has 5 heteroatoms. The first-order valence-corrected chi connectivity index (χ1v) is 10.2. The zero-order valence-electron chi connectivity index (χ0n) is 13.6. The van der Waals surface area contributed by atoms with Crippen molar-refractivity contribution in [1.82, 2.24) is 0 Å². The molecule has 1 rings (SSSR count). The quantitative estimate of drug-likeness (QED) is 0.706. The van der Waals surface area contributed by atoms with Gasteiger partial charge in [-0.25, -0.2) is 0 Å². The molecular weight excluding hydrogens is 284 g/mol. The predicted molar refractivity (Wildman–Crippen MR) is 86.6 cm³/mol. The van der Waals surface area contributed by atoms with Gasteiger partial charge in [-0.3, -0.25) is 0 Å². The molecule has 0 bridgehead atoms. The fourth-order valence-electron chi connectivity index (χ4n) is 1.82. The minimum Gasteiger partial charge on any atom is -0.409 e. The van der Waals surface area contributed by atoms with Crippen molar-refractivity contribution in [2.45, 2.75) is 57.2 Å². The molecule has 3 atom stereocenters. The van der Waals surface area contributed by atoms with Crippen LogP contribution >= 0.6 is 0 Å². The molecule has 0 aliphatic heterocycles. The summed E-state index contributed by atoms with van der Waals surface area (Å²) in [5.74, 6) is 0. The summed E-state index contributed by atoms with van der Waals surface area (Å²) >= 11 is 0. The topological polar surface area (TPSA) is 69.9 Å². The summed E-state index contributed by atoms with van der Waals surface area (Å²) in [7, 11) is -2.13. The summed E-state index contributed by atoms with van der Waals surface area (Å²) < 4.78 is 6.03. The molecule has 4 nitrogen and oxygen atoms in total. The minimum absolute atomic E-state index is 0.0299. The van der Waals surface area contributed by atoms with E-state index in [0.717, 1.165) is 0 Å². The molecule has 0 fully saturated rings. The van der Waals surface area contributed by atoms with Gasteiger partial charge in [0.15, 0.2) is 8.32 Å². The van der Waals surface area contributed by atoms with E-state index < -0.39 is 26.6 Å². The summed E-state index contributed by atoms with van der Waals surface area (Å²) in [6, 6.07) is 8.93. The van der Waals surface area contributed by atoms with Gasteiger partial charge < -0.3 is 19.7 Å². The lowest BCUT2D eigenvalue weighted by molar-refractivity contribution is -0.0718. The second-order valence-corrected chi connectivity index (χ2v) is 11.7. The number of hydrogen-bond donors (Lipinski definition) is 3. The molecule has 0 radical (unpaired) electrons. The van der Waals surface area contributed by atoms with E-state index in [1.807, 2.05) is 6.07 Å². The van der Waals surface area contributed by atoms with Crippen LogP contribution in [0.25, 0.3) is 0 Å². The van der Waals surface area contributed by atoms with Crippen LogP contribution in [0.2, 0.25) is 18.1 Å². The van der Waals surface area contributed by atoms with Crippen molar-refractivity contribution < 1.29 is 19.7 Å². The standard InChI is InChI=1S/C16H28O4Si/c1-16(2,3)21(4,5)20-13(11-17)15(19)14(18)12-9-7-6-8-10-12/h6-10,13-15,17-19H,11H2,1-5H3/t13-,14+,15+/m0/s1. The number of benzene rings is 1. The van der Waals surface area contributed by atoms with E-state index in [0.29, 0.717) is 5.56 Å². The maximum atomic E-state index is 10.3. The minimum atomic E-state index is -2.13. The molecule has 120 valence electrons. The Labute approximate surface area is 128 Å². The Morgan fingerprint density at radius 3 is 2.05 bits per heavy atom. The smallest absolute Gasteiger partial charge is 0.192 e. The summed E-state index contributed by atoms with van der Waals surface area (Å²) in [4.78, 5) is 0. The Kier molecular flexibility index (Phi) is 6.13. The molecule has 1 aromatic rings. The van der Waals surface area contributed by atoms with Crippen molar-refractivity contribution in [2.24, 2.45) is 0 Å². The highest BCUT2D eigenvalue weighted by molar-refractivity contribution is 6.74. The van der Waals surface area contributed by atoms with Crippen LogP contribution in [0.15, 0.2) is 30.3 Å². The van der Waals surface area contributed by atoms with E-state index >= 15 is 0 Å². The second-order valence-electron chi connectivity index (χ2n) is 6.95. The van der Waals surface area contributed by atoms with Crippen molar-refractivity contribution >= 4 is 8.32 Å². The Morgan fingerprint density at radius 2 is 1.62 bits per heavy atom. The summed E-state index contributed by atoms with van der Waals surface area (Å²) in [6.45, 7) is 10.1. The molecule has 3 N–H and O–H groups in total. The van der Waals surface area contributed by atoms with Crippen molar-refractivity contribution in [3.8, 4) is 0 Å². The highest BCUT2D eigenvalue weighted by Gasteiger charge is 2.41. The van der Waals surface area contributed by atoms with Crippen LogP contribution in [-0.4, -0.2) is 42.5 Å². The molecule has 21 heavy (non-hydrogen) atoms. The van der Waals surface area contributed by atoms with Crippen LogP contribution in [0, 0.1) is 0 Å². The van der Waals surface area contributed by atoms with Gasteiger partial charge >= 0.3 is 0 Å². The Bertz CT molecular complexity index is 428. The molecule has 0 saturated heterocycles. The maximum absolute atomic E-state index is 10.3. The fourth-order valence-corrected chi connectivity index (χ4v) is 3.15. The Morgan fingerprint density at radius 1 is 1.10 bits per heavy atom. The molecular formula is C16H28O4Si.